The number of ether oxygens (including phenoxy) is 3. The summed E-state index contributed by atoms with van der Waals surface area (Å²) in [5.74, 6) is 0.532. The summed E-state index contributed by atoms with van der Waals surface area (Å²) in [6.07, 6.45) is 0.532. The minimum absolute atomic E-state index is 0.0315. The molecule has 3 rings (SSSR count). The first kappa shape index (κ1) is 25.1. The third kappa shape index (κ3) is 5.32. The molecule has 0 aliphatic carbocycles. The number of nitrogens with one attached hydrogen (secondary N) is 2. The summed E-state index contributed by atoms with van der Waals surface area (Å²) in [6, 6.07) is 8.60. The van der Waals surface area contributed by atoms with Gasteiger partial charge in [0.05, 0.1) is 37.5 Å². The van der Waals surface area contributed by atoms with Gasteiger partial charge >= 0.3 is 0 Å². The zero-order valence-electron chi connectivity index (χ0n) is 20.5. The molecule has 0 radical (unpaired) electrons. The van der Waals surface area contributed by atoms with Gasteiger partial charge in [-0.05, 0) is 57.9 Å². The molecular weight excluding hydrogens is 436 g/mol. The predicted octanol–water partition coefficient (Wildman–Crippen LogP) is 4.29. The molecule has 1 aliphatic heterocycles. The number of para-hydroxylation sites is 1. The molecule has 8 heteroatoms. The van der Waals surface area contributed by atoms with Gasteiger partial charge in [-0.25, -0.2) is 0 Å². The van der Waals surface area contributed by atoms with E-state index in [1.165, 1.54) is 14.2 Å². The highest BCUT2D eigenvalue weighted by molar-refractivity contribution is 6.05. The number of hydrogen-bond acceptors (Lipinski definition) is 6. The van der Waals surface area contributed by atoms with Crippen LogP contribution in [0.3, 0.4) is 0 Å². The zero-order chi connectivity index (χ0) is 25.0. The summed E-state index contributed by atoms with van der Waals surface area (Å²) in [5.41, 5.74) is 1.20. The summed E-state index contributed by atoms with van der Waals surface area (Å²) in [4.78, 5) is 38.3. The Kier molecular flexibility index (Phi) is 7.49. The molecule has 8 nitrogen and oxygen atoms in total. The second kappa shape index (κ2) is 10.2. The third-order valence-electron chi connectivity index (χ3n) is 5.77. The van der Waals surface area contributed by atoms with Gasteiger partial charge in [-0.1, -0.05) is 12.1 Å². The molecule has 0 saturated heterocycles. The quantitative estimate of drug-likeness (QED) is 0.599. The van der Waals surface area contributed by atoms with Crippen molar-refractivity contribution in [3.8, 4) is 17.2 Å². The second-order valence-electron chi connectivity index (χ2n) is 9.00. The standard InChI is InChI=1S/C26H32N2O6/c1-15(2)27-25(31)18-9-7-8-16(3)22(18)28-21(30)12-13-26(4)14-19(29)17-10-11-20(32-5)24(33-6)23(17)34-26/h7-11,15H,12-14H2,1-6H3,(H,27,31)(H,28,30). The highest BCUT2D eigenvalue weighted by atomic mass is 16.5. The van der Waals surface area contributed by atoms with Gasteiger partial charge in [0.15, 0.2) is 17.3 Å². The van der Waals surface area contributed by atoms with E-state index < -0.39 is 5.60 Å². The molecule has 0 saturated carbocycles. The van der Waals surface area contributed by atoms with Gasteiger partial charge in [-0.3, -0.25) is 14.4 Å². The number of Topliss-reactive ketones (excluding diaryl/α,β-unsaturated/α-hetero) is 1. The van der Waals surface area contributed by atoms with E-state index in [2.05, 4.69) is 10.6 Å². The number of aryl methyl sites for hydroxylation is 1. The van der Waals surface area contributed by atoms with Crippen LogP contribution in [-0.4, -0.2) is 43.5 Å². The monoisotopic (exact) mass is 468 g/mol. The van der Waals surface area contributed by atoms with Crippen LogP contribution in [0.1, 0.15) is 66.3 Å². The van der Waals surface area contributed by atoms with E-state index >= 15 is 0 Å². The number of hydrogen-bond donors (Lipinski definition) is 2. The molecule has 1 aliphatic rings. The molecule has 2 N–H and O–H groups in total. The van der Waals surface area contributed by atoms with Gasteiger partial charge in [0, 0.05) is 12.5 Å². The van der Waals surface area contributed by atoms with Gasteiger partial charge in [-0.15, -0.1) is 0 Å². The molecule has 2 aromatic carbocycles. The molecule has 0 aromatic heterocycles. The van der Waals surface area contributed by atoms with Crippen LogP contribution < -0.4 is 24.8 Å². The maximum atomic E-state index is 12.9. The minimum Gasteiger partial charge on any atom is -0.493 e. The number of methoxy groups -OCH3 is 2. The van der Waals surface area contributed by atoms with Crippen LogP contribution in [0.4, 0.5) is 5.69 Å². The smallest absolute Gasteiger partial charge is 0.253 e. The lowest BCUT2D eigenvalue weighted by Crippen LogP contribution is -2.40. The normalized spacial score (nSPS) is 17.0. The molecule has 2 amide bonds. The van der Waals surface area contributed by atoms with E-state index in [1.54, 1.807) is 31.2 Å². The lowest BCUT2D eigenvalue weighted by Gasteiger charge is -2.35. The lowest BCUT2D eigenvalue weighted by molar-refractivity contribution is -0.117. The first-order valence-corrected chi connectivity index (χ1v) is 11.3. The Bertz CT molecular complexity index is 1110. The number of carbonyl (C=O) groups is 3. The Morgan fingerprint density at radius 1 is 1.15 bits per heavy atom. The first-order valence-electron chi connectivity index (χ1n) is 11.3. The Hall–Kier alpha value is -3.55. The third-order valence-corrected chi connectivity index (χ3v) is 5.77. The fraction of sp³-hybridized carbons (Fsp3) is 0.423. The highest BCUT2D eigenvalue weighted by Crippen LogP contribution is 2.46. The number of anilines is 1. The number of amides is 2. The van der Waals surface area contributed by atoms with Crippen LogP contribution in [-0.2, 0) is 4.79 Å². The Balaban J connectivity index is 1.75. The predicted molar refractivity (Wildman–Crippen MR) is 129 cm³/mol. The average molecular weight is 469 g/mol. The van der Waals surface area contributed by atoms with Crippen molar-refractivity contribution in [1.29, 1.82) is 0 Å². The van der Waals surface area contributed by atoms with Crippen molar-refractivity contribution in [2.24, 2.45) is 0 Å². The highest BCUT2D eigenvalue weighted by Gasteiger charge is 2.39. The van der Waals surface area contributed by atoms with Gasteiger partial charge in [-0.2, -0.15) is 0 Å². The molecule has 182 valence electrons. The Morgan fingerprint density at radius 2 is 1.88 bits per heavy atom. The number of ketones is 1. The maximum absolute atomic E-state index is 12.9. The van der Waals surface area contributed by atoms with Gasteiger partial charge < -0.3 is 24.8 Å². The average Bonchev–Trinajstić information content (AvgIpc) is 2.77. The summed E-state index contributed by atoms with van der Waals surface area (Å²) >= 11 is 0. The topological polar surface area (TPSA) is 103 Å². The molecular formula is C26H32N2O6. The number of benzene rings is 2. The molecule has 34 heavy (non-hydrogen) atoms. The van der Waals surface area contributed by atoms with Crippen LogP contribution in [0, 0.1) is 6.92 Å². The largest absolute Gasteiger partial charge is 0.493 e. The lowest BCUT2D eigenvalue weighted by atomic mass is 9.87. The first-order chi connectivity index (χ1) is 16.1. The van der Waals surface area contributed by atoms with E-state index in [9.17, 15) is 14.4 Å². The summed E-state index contributed by atoms with van der Waals surface area (Å²) in [7, 11) is 3.00. The molecule has 1 atom stereocenters. The van der Waals surface area contributed by atoms with Gasteiger partial charge in [0.2, 0.25) is 11.7 Å². The van der Waals surface area contributed by atoms with Crippen molar-refractivity contribution >= 4 is 23.3 Å². The van der Waals surface area contributed by atoms with Crippen LogP contribution in [0.5, 0.6) is 17.2 Å². The van der Waals surface area contributed by atoms with E-state index in [1.807, 2.05) is 26.8 Å². The molecule has 0 fully saturated rings. The van der Waals surface area contributed by atoms with E-state index in [0.717, 1.165) is 5.56 Å². The molecule has 1 heterocycles. The maximum Gasteiger partial charge on any atom is 0.253 e. The second-order valence-corrected chi connectivity index (χ2v) is 9.00. The Morgan fingerprint density at radius 3 is 2.53 bits per heavy atom. The van der Waals surface area contributed by atoms with E-state index in [-0.39, 0.29) is 36.5 Å². The van der Waals surface area contributed by atoms with Crippen molar-refractivity contribution in [2.45, 2.75) is 58.6 Å². The van der Waals surface area contributed by atoms with E-state index in [0.29, 0.717) is 40.5 Å². The minimum atomic E-state index is -0.898. The molecule has 1 unspecified atom stereocenters. The van der Waals surface area contributed by atoms with Crippen molar-refractivity contribution < 1.29 is 28.6 Å². The Labute approximate surface area is 200 Å². The van der Waals surface area contributed by atoms with Crippen molar-refractivity contribution in [3.05, 3.63) is 47.0 Å². The van der Waals surface area contributed by atoms with Crippen molar-refractivity contribution in [1.82, 2.24) is 5.32 Å². The van der Waals surface area contributed by atoms with Crippen LogP contribution in [0.25, 0.3) is 0 Å². The summed E-state index contributed by atoms with van der Waals surface area (Å²) < 4.78 is 17.0. The SMILES string of the molecule is COc1ccc2c(c1OC)OC(C)(CCC(=O)Nc1c(C)cccc1C(=O)NC(C)C)CC2=O. The van der Waals surface area contributed by atoms with Crippen molar-refractivity contribution in [3.63, 3.8) is 0 Å². The van der Waals surface area contributed by atoms with Gasteiger partial charge in [0.1, 0.15) is 5.60 Å². The molecule has 0 bridgehead atoms. The summed E-state index contributed by atoms with van der Waals surface area (Å²) in [5, 5.41) is 5.73. The number of carbonyl (C=O) groups excluding carboxylic acids is 3. The van der Waals surface area contributed by atoms with Crippen molar-refractivity contribution in [2.75, 3.05) is 19.5 Å². The van der Waals surface area contributed by atoms with Crippen LogP contribution in [0.15, 0.2) is 30.3 Å². The van der Waals surface area contributed by atoms with Crippen LogP contribution in [0.2, 0.25) is 0 Å². The zero-order valence-corrected chi connectivity index (χ0v) is 20.5. The van der Waals surface area contributed by atoms with E-state index in [4.69, 9.17) is 14.2 Å². The molecule has 0 spiro atoms. The number of rotatable bonds is 8. The summed E-state index contributed by atoms with van der Waals surface area (Å²) in [6.45, 7) is 7.39. The fourth-order valence-electron chi connectivity index (χ4n) is 4.02. The van der Waals surface area contributed by atoms with Crippen LogP contribution >= 0.6 is 0 Å². The fourth-order valence-corrected chi connectivity index (χ4v) is 4.02. The van der Waals surface area contributed by atoms with Gasteiger partial charge in [0.25, 0.3) is 5.91 Å². The number of fused-ring (bicyclic) bond motifs is 1. The molecule has 2 aromatic rings.